The quantitative estimate of drug-likeness (QED) is 0.586. The summed E-state index contributed by atoms with van der Waals surface area (Å²) in [6, 6.07) is 14.2. The van der Waals surface area contributed by atoms with Crippen LogP contribution in [-0.4, -0.2) is 23.6 Å². The highest BCUT2D eigenvalue weighted by molar-refractivity contribution is 7.93. The number of nitrogens with one attached hydrogen (secondary N) is 2. The molecule has 4 rings (SSSR count). The Morgan fingerprint density at radius 1 is 1.08 bits per heavy atom. The maximum Gasteiger partial charge on any atom is 0.265 e. The van der Waals surface area contributed by atoms with E-state index < -0.39 is 10.0 Å². The molecular formula is C16H12N4O2S2. The van der Waals surface area contributed by atoms with Crippen molar-refractivity contribution < 1.29 is 8.42 Å². The molecule has 8 heteroatoms. The average molecular weight is 356 g/mol. The molecule has 4 aromatic rings. The largest absolute Gasteiger partial charge is 0.275 e. The van der Waals surface area contributed by atoms with Crippen LogP contribution in [-0.2, 0) is 10.0 Å². The van der Waals surface area contributed by atoms with Crippen LogP contribution in [0.1, 0.15) is 0 Å². The van der Waals surface area contributed by atoms with E-state index in [4.69, 9.17) is 0 Å². The number of fused-ring (bicyclic) bond motifs is 1. The Balaban J connectivity index is 1.71. The zero-order chi connectivity index (χ0) is 16.6. The SMILES string of the molecule is O=S(=O)(Nc1cc(-c2cccs2)[nH]n1)c1cccc2cccnc12. The number of aromatic nitrogens is 3. The van der Waals surface area contributed by atoms with Gasteiger partial charge in [0.05, 0.1) is 16.1 Å². The van der Waals surface area contributed by atoms with Gasteiger partial charge < -0.3 is 0 Å². The van der Waals surface area contributed by atoms with Crippen molar-refractivity contribution in [2.24, 2.45) is 0 Å². The molecule has 0 bridgehead atoms. The third-order valence-electron chi connectivity index (χ3n) is 3.49. The lowest BCUT2D eigenvalue weighted by molar-refractivity contribution is 0.601. The van der Waals surface area contributed by atoms with Crippen molar-refractivity contribution in [1.29, 1.82) is 0 Å². The Hall–Kier alpha value is -2.71. The molecule has 2 N–H and O–H groups in total. The van der Waals surface area contributed by atoms with Gasteiger partial charge in [0, 0.05) is 17.6 Å². The number of benzene rings is 1. The first-order chi connectivity index (χ1) is 11.6. The molecule has 0 fully saturated rings. The van der Waals surface area contributed by atoms with Crippen molar-refractivity contribution in [3.05, 3.63) is 60.1 Å². The van der Waals surface area contributed by atoms with Gasteiger partial charge in [0.2, 0.25) is 0 Å². The third-order valence-corrected chi connectivity index (χ3v) is 5.78. The highest BCUT2D eigenvalue weighted by Crippen LogP contribution is 2.26. The highest BCUT2D eigenvalue weighted by atomic mass is 32.2. The van der Waals surface area contributed by atoms with Crippen molar-refractivity contribution in [2.45, 2.75) is 4.90 Å². The summed E-state index contributed by atoms with van der Waals surface area (Å²) in [5, 5.41) is 9.58. The van der Waals surface area contributed by atoms with Gasteiger partial charge in [-0.15, -0.1) is 11.3 Å². The first kappa shape index (κ1) is 14.9. The fourth-order valence-corrected chi connectivity index (χ4v) is 4.28. The molecule has 0 saturated carbocycles. The summed E-state index contributed by atoms with van der Waals surface area (Å²) in [6.07, 6.45) is 1.57. The Labute approximate surface area is 142 Å². The Kier molecular flexibility index (Phi) is 3.55. The fraction of sp³-hybridized carbons (Fsp3) is 0. The molecule has 0 unspecified atom stereocenters. The van der Waals surface area contributed by atoms with Gasteiger partial charge in [0.25, 0.3) is 10.0 Å². The molecule has 120 valence electrons. The van der Waals surface area contributed by atoms with E-state index in [-0.39, 0.29) is 10.7 Å². The minimum absolute atomic E-state index is 0.126. The van der Waals surface area contributed by atoms with Gasteiger partial charge >= 0.3 is 0 Å². The molecule has 0 saturated heterocycles. The Morgan fingerprint density at radius 3 is 2.79 bits per heavy atom. The normalized spacial score (nSPS) is 11.7. The van der Waals surface area contributed by atoms with Gasteiger partial charge in [-0.1, -0.05) is 24.3 Å². The molecule has 1 aromatic carbocycles. The van der Waals surface area contributed by atoms with Crippen molar-refractivity contribution >= 4 is 38.1 Å². The van der Waals surface area contributed by atoms with Crippen LogP contribution < -0.4 is 4.72 Å². The second-order valence-electron chi connectivity index (χ2n) is 5.08. The number of H-pyrrole nitrogens is 1. The van der Waals surface area contributed by atoms with Gasteiger partial charge in [-0.2, -0.15) is 5.10 Å². The summed E-state index contributed by atoms with van der Waals surface area (Å²) in [7, 11) is -3.79. The van der Waals surface area contributed by atoms with Crippen LogP contribution in [0.5, 0.6) is 0 Å². The van der Waals surface area contributed by atoms with E-state index in [1.54, 1.807) is 35.7 Å². The van der Waals surface area contributed by atoms with Gasteiger partial charge in [0.15, 0.2) is 5.82 Å². The standard InChI is InChI=1S/C16H12N4O2S2/c21-24(22,14-7-1-4-11-5-2-8-17-16(11)14)20-15-10-12(18-19-15)13-6-3-9-23-13/h1-10H,(H2,18,19,20). The highest BCUT2D eigenvalue weighted by Gasteiger charge is 2.19. The molecule has 24 heavy (non-hydrogen) atoms. The summed E-state index contributed by atoms with van der Waals surface area (Å²) in [6.45, 7) is 0. The van der Waals surface area contributed by atoms with E-state index in [0.717, 1.165) is 16.0 Å². The Bertz CT molecular complexity index is 1100. The van der Waals surface area contributed by atoms with Crippen LogP contribution in [0.2, 0.25) is 0 Å². The number of nitrogens with zero attached hydrogens (tertiary/aromatic N) is 2. The predicted octanol–water partition coefficient (Wildman–Crippen LogP) is 3.49. The molecule has 0 radical (unpaired) electrons. The van der Waals surface area contributed by atoms with Crippen LogP contribution in [0.15, 0.2) is 65.0 Å². The first-order valence-electron chi connectivity index (χ1n) is 7.09. The van der Waals surface area contributed by atoms with Crippen LogP contribution in [0.25, 0.3) is 21.5 Å². The number of thiophene rings is 1. The zero-order valence-corrected chi connectivity index (χ0v) is 13.9. The summed E-state index contributed by atoms with van der Waals surface area (Å²) in [5.74, 6) is 0.242. The molecule has 0 atom stereocenters. The number of hydrogen-bond acceptors (Lipinski definition) is 5. The fourth-order valence-electron chi connectivity index (χ4n) is 2.42. The summed E-state index contributed by atoms with van der Waals surface area (Å²) < 4.78 is 27.9. The van der Waals surface area contributed by atoms with Gasteiger partial charge in [-0.05, 0) is 23.6 Å². The lowest BCUT2D eigenvalue weighted by Gasteiger charge is -2.07. The lowest BCUT2D eigenvalue weighted by Crippen LogP contribution is -2.14. The third kappa shape index (κ3) is 2.66. The van der Waals surface area contributed by atoms with E-state index in [1.807, 2.05) is 29.6 Å². The maximum atomic E-state index is 12.7. The smallest absolute Gasteiger partial charge is 0.265 e. The number of sulfonamides is 1. The maximum absolute atomic E-state index is 12.7. The van der Waals surface area contributed by atoms with Crippen LogP contribution >= 0.6 is 11.3 Å². The van der Waals surface area contributed by atoms with Gasteiger partial charge in [-0.25, -0.2) is 8.42 Å². The number of aromatic amines is 1. The van der Waals surface area contributed by atoms with Crippen LogP contribution in [0, 0.1) is 0 Å². The van der Waals surface area contributed by atoms with E-state index in [9.17, 15) is 8.42 Å². The van der Waals surface area contributed by atoms with E-state index in [0.29, 0.717) is 5.52 Å². The van der Waals surface area contributed by atoms with E-state index >= 15 is 0 Å². The molecule has 0 aliphatic rings. The summed E-state index contributed by atoms with van der Waals surface area (Å²) >= 11 is 1.55. The van der Waals surface area contributed by atoms with Crippen molar-refractivity contribution in [1.82, 2.24) is 15.2 Å². The molecule has 0 amide bonds. The monoisotopic (exact) mass is 356 g/mol. The predicted molar refractivity (Wildman–Crippen MR) is 94.5 cm³/mol. The minimum Gasteiger partial charge on any atom is -0.275 e. The van der Waals surface area contributed by atoms with Crippen LogP contribution in [0.3, 0.4) is 0 Å². The molecular weight excluding hydrogens is 344 g/mol. The van der Waals surface area contributed by atoms with Crippen molar-refractivity contribution in [3.8, 4) is 10.6 Å². The van der Waals surface area contributed by atoms with Crippen LogP contribution in [0.4, 0.5) is 5.82 Å². The van der Waals surface area contributed by atoms with Gasteiger partial charge in [-0.3, -0.25) is 14.8 Å². The zero-order valence-electron chi connectivity index (χ0n) is 12.3. The second kappa shape index (κ2) is 5.73. The second-order valence-corrected chi connectivity index (χ2v) is 7.68. The van der Waals surface area contributed by atoms with E-state index in [2.05, 4.69) is 19.9 Å². The lowest BCUT2D eigenvalue weighted by atomic mass is 10.2. The first-order valence-corrected chi connectivity index (χ1v) is 9.46. The number of rotatable bonds is 4. The molecule has 0 aliphatic carbocycles. The summed E-state index contributed by atoms with van der Waals surface area (Å²) in [4.78, 5) is 5.30. The molecule has 3 aromatic heterocycles. The molecule has 0 spiro atoms. The topological polar surface area (TPSA) is 87.7 Å². The van der Waals surface area contributed by atoms with Gasteiger partial charge in [0.1, 0.15) is 4.90 Å². The van der Waals surface area contributed by atoms with Crippen molar-refractivity contribution in [2.75, 3.05) is 4.72 Å². The minimum atomic E-state index is -3.79. The summed E-state index contributed by atoms with van der Waals surface area (Å²) in [5.41, 5.74) is 1.19. The van der Waals surface area contributed by atoms with Crippen molar-refractivity contribution in [3.63, 3.8) is 0 Å². The average Bonchev–Trinajstić information content (AvgIpc) is 3.25. The number of para-hydroxylation sites is 1. The molecule has 0 aliphatic heterocycles. The Morgan fingerprint density at radius 2 is 1.96 bits per heavy atom. The molecule has 6 nitrogen and oxygen atoms in total. The number of hydrogen-bond donors (Lipinski definition) is 2. The molecule has 3 heterocycles. The van der Waals surface area contributed by atoms with E-state index in [1.165, 1.54) is 6.07 Å². The number of anilines is 1. The number of pyridine rings is 1.